The van der Waals surface area contributed by atoms with Crippen LogP contribution in [0.4, 0.5) is 5.82 Å². The highest BCUT2D eigenvalue weighted by Crippen LogP contribution is 2.25. The van der Waals surface area contributed by atoms with Crippen LogP contribution in [0.3, 0.4) is 0 Å². The minimum Gasteiger partial charge on any atom is -0.383 e. The minimum absolute atomic E-state index is 0.205. The molecule has 0 aliphatic heterocycles. The van der Waals surface area contributed by atoms with Gasteiger partial charge >= 0.3 is 0 Å². The molecule has 1 aromatic heterocycles. The molecule has 0 saturated heterocycles. The SMILES string of the molecule is CC(C)C(/C=N/N(C)C)c1cccnc1N. The number of aromatic nitrogens is 1. The molecule has 1 atom stereocenters. The van der Waals surface area contributed by atoms with Crippen molar-refractivity contribution in [2.45, 2.75) is 19.8 Å². The first-order valence-electron chi connectivity index (χ1n) is 5.44. The van der Waals surface area contributed by atoms with Gasteiger partial charge in [-0.2, -0.15) is 5.10 Å². The number of anilines is 1. The Kier molecular flexibility index (Phi) is 4.28. The van der Waals surface area contributed by atoms with Crippen LogP contribution >= 0.6 is 0 Å². The number of pyridine rings is 1. The molecule has 0 spiro atoms. The summed E-state index contributed by atoms with van der Waals surface area (Å²) in [5.41, 5.74) is 6.92. The number of hydrogen-bond donors (Lipinski definition) is 1. The lowest BCUT2D eigenvalue weighted by atomic mass is 9.90. The Balaban J connectivity index is 2.99. The summed E-state index contributed by atoms with van der Waals surface area (Å²) in [4.78, 5) is 4.11. The van der Waals surface area contributed by atoms with Crippen LogP contribution in [0.1, 0.15) is 25.3 Å². The van der Waals surface area contributed by atoms with E-state index >= 15 is 0 Å². The first-order valence-corrected chi connectivity index (χ1v) is 5.44. The van der Waals surface area contributed by atoms with Crippen LogP contribution in [-0.2, 0) is 0 Å². The molecule has 1 rings (SSSR count). The number of nitrogens with two attached hydrogens (primary N) is 1. The first kappa shape index (κ1) is 12.5. The van der Waals surface area contributed by atoms with E-state index in [0.717, 1.165) is 5.56 Å². The molecule has 0 saturated carbocycles. The van der Waals surface area contributed by atoms with Crippen molar-refractivity contribution in [3.05, 3.63) is 23.9 Å². The lowest BCUT2D eigenvalue weighted by Crippen LogP contribution is -2.14. The Bertz CT molecular complexity index is 358. The third kappa shape index (κ3) is 3.22. The maximum absolute atomic E-state index is 5.88. The van der Waals surface area contributed by atoms with Crippen LogP contribution in [0.5, 0.6) is 0 Å². The second kappa shape index (κ2) is 5.49. The fourth-order valence-electron chi connectivity index (χ4n) is 1.53. The summed E-state index contributed by atoms with van der Waals surface area (Å²) in [6, 6.07) is 3.92. The molecule has 1 unspecified atom stereocenters. The fourth-order valence-corrected chi connectivity index (χ4v) is 1.53. The lowest BCUT2D eigenvalue weighted by molar-refractivity contribution is 0.435. The van der Waals surface area contributed by atoms with E-state index in [9.17, 15) is 0 Å². The number of nitrogen functional groups attached to an aromatic ring is 1. The number of rotatable bonds is 4. The van der Waals surface area contributed by atoms with E-state index in [1.807, 2.05) is 32.4 Å². The Morgan fingerprint density at radius 3 is 2.62 bits per heavy atom. The van der Waals surface area contributed by atoms with Crippen molar-refractivity contribution < 1.29 is 0 Å². The van der Waals surface area contributed by atoms with Crippen molar-refractivity contribution in [1.29, 1.82) is 0 Å². The highest BCUT2D eigenvalue weighted by Gasteiger charge is 2.16. The summed E-state index contributed by atoms with van der Waals surface area (Å²) in [6.07, 6.45) is 3.64. The van der Waals surface area contributed by atoms with Crippen molar-refractivity contribution >= 4 is 12.0 Å². The third-order valence-electron chi connectivity index (χ3n) is 2.41. The number of hydrazone groups is 1. The zero-order valence-electron chi connectivity index (χ0n) is 10.4. The molecule has 0 bridgehead atoms. The van der Waals surface area contributed by atoms with Gasteiger partial charge in [0, 0.05) is 38.0 Å². The highest BCUT2D eigenvalue weighted by atomic mass is 15.4. The maximum atomic E-state index is 5.88. The largest absolute Gasteiger partial charge is 0.383 e. The summed E-state index contributed by atoms with van der Waals surface area (Å²) in [5, 5.41) is 6.07. The second-order valence-corrected chi connectivity index (χ2v) is 4.36. The van der Waals surface area contributed by atoms with Gasteiger partial charge in [0.15, 0.2) is 0 Å². The predicted molar refractivity (Wildman–Crippen MR) is 68.4 cm³/mol. The van der Waals surface area contributed by atoms with Crippen LogP contribution in [0.2, 0.25) is 0 Å². The van der Waals surface area contributed by atoms with Crippen LogP contribution in [0, 0.1) is 5.92 Å². The average Bonchev–Trinajstić information content (AvgIpc) is 2.20. The van der Waals surface area contributed by atoms with Crippen molar-refractivity contribution in [2.24, 2.45) is 11.0 Å². The van der Waals surface area contributed by atoms with Gasteiger partial charge < -0.3 is 10.7 Å². The van der Waals surface area contributed by atoms with Gasteiger partial charge in [0.1, 0.15) is 5.82 Å². The van der Waals surface area contributed by atoms with E-state index in [4.69, 9.17) is 5.73 Å². The second-order valence-electron chi connectivity index (χ2n) is 4.36. The van der Waals surface area contributed by atoms with E-state index in [1.165, 1.54) is 0 Å². The molecule has 1 aromatic rings. The average molecular weight is 220 g/mol. The molecule has 0 radical (unpaired) electrons. The first-order chi connectivity index (χ1) is 7.52. The number of hydrogen-bond acceptors (Lipinski definition) is 4. The van der Waals surface area contributed by atoms with Crippen LogP contribution in [0.25, 0.3) is 0 Å². The summed E-state index contributed by atoms with van der Waals surface area (Å²) in [6.45, 7) is 4.30. The van der Waals surface area contributed by atoms with E-state index in [-0.39, 0.29) is 5.92 Å². The molecule has 2 N–H and O–H groups in total. The molecule has 16 heavy (non-hydrogen) atoms. The smallest absolute Gasteiger partial charge is 0.127 e. The molecule has 0 amide bonds. The fraction of sp³-hybridized carbons (Fsp3) is 0.500. The van der Waals surface area contributed by atoms with Crippen molar-refractivity contribution in [3.63, 3.8) is 0 Å². The van der Waals surface area contributed by atoms with Crippen LogP contribution in [-0.4, -0.2) is 30.3 Å². The van der Waals surface area contributed by atoms with Crippen LogP contribution in [0.15, 0.2) is 23.4 Å². The molecule has 0 aliphatic carbocycles. The zero-order chi connectivity index (χ0) is 12.1. The van der Waals surface area contributed by atoms with E-state index in [0.29, 0.717) is 11.7 Å². The molecule has 0 fully saturated rings. The summed E-state index contributed by atoms with van der Waals surface area (Å²) in [5.74, 6) is 1.23. The third-order valence-corrected chi connectivity index (χ3v) is 2.41. The van der Waals surface area contributed by atoms with Crippen molar-refractivity contribution in [2.75, 3.05) is 19.8 Å². The zero-order valence-corrected chi connectivity index (χ0v) is 10.4. The maximum Gasteiger partial charge on any atom is 0.127 e. The van der Waals surface area contributed by atoms with Gasteiger partial charge in [0.05, 0.1) is 0 Å². The Morgan fingerprint density at radius 2 is 2.12 bits per heavy atom. The van der Waals surface area contributed by atoms with E-state index < -0.39 is 0 Å². The predicted octanol–water partition coefficient (Wildman–Crippen LogP) is 1.95. The molecule has 88 valence electrons. The molecule has 0 aliphatic rings. The summed E-state index contributed by atoms with van der Waals surface area (Å²) < 4.78 is 0. The molecule has 4 nitrogen and oxygen atoms in total. The molecule has 0 aromatic carbocycles. The van der Waals surface area contributed by atoms with Crippen LogP contribution < -0.4 is 5.73 Å². The van der Waals surface area contributed by atoms with E-state index in [2.05, 4.69) is 23.9 Å². The van der Waals surface area contributed by atoms with Gasteiger partial charge in [0.2, 0.25) is 0 Å². The van der Waals surface area contributed by atoms with E-state index in [1.54, 1.807) is 11.2 Å². The Labute approximate surface area is 97.2 Å². The summed E-state index contributed by atoms with van der Waals surface area (Å²) in [7, 11) is 3.81. The quantitative estimate of drug-likeness (QED) is 0.623. The van der Waals surface area contributed by atoms with Gasteiger partial charge in [-0.1, -0.05) is 19.9 Å². The standard InChI is InChI=1S/C12H20N4/c1-9(2)11(8-15-16(3)4)10-6-5-7-14-12(10)13/h5-9,11H,1-4H3,(H2,13,14)/b15-8+. The Morgan fingerprint density at radius 1 is 1.44 bits per heavy atom. The molecule has 1 heterocycles. The van der Waals surface area contributed by atoms with Gasteiger partial charge in [0.25, 0.3) is 0 Å². The summed E-state index contributed by atoms with van der Waals surface area (Å²) >= 11 is 0. The minimum atomic E-state index is 0.205. The van der Waals surface area contributed by atoms with Crippen molar-refractivity contribution in [3.8, 4) is 0 Å². The normalized spacial score (nSPS) is 13.3. The van der Waals surface area contributed by atoms with Crippen molar-refractivity contribution in [1.82, 2.24) is 9.99 Å². The number of nitrogens with zero attached hydrogens (tertiary/aromatic N) is 3. The topological polar surface area (TPSA) is 54.5 Å². The highest BCUT2D eigenvalue weighted by molar-refractivity contribution is 5.70. The van der Waals surface area contributed by atoms with Gasteiger partial charge in [-0.15, -0.1) is 0 Å². The molecular formula is C12H20N4. The van der Waals surface area contributed by atoms with Gasteiger partial charge in [-0.3, -0.25) is 0 Å². The molecular weight excluding hydrogens is 200 g/mol. The monoisotopic (exact) mass is 220 g/mol. The molecule has 4 heteroatoms. The van der Waals surface area contributed by atoms with Gasteiger partial charge in [-0.25, -0.2) is 4.98 Å². The lowest BCUT2D eigenvalue weighted by Gasteiger charge is -2.18. The van der Waals surface area contributed by atoms with Gasteiger partial charge in [-0.05, 0) is 12.0 Å². The Hall–Kier alpha value is -1.58.